The third kappa shape index (κ3) is 5.59. The molecule has 1 rings (SSSR count). The van der Waals surface area contributed by atoms with Gasteiger partial charge in [-0.3, -0.25) is 0 Å². The second-order valence-electron chi connectivity index (χ2n) is 4.96. The first kappa shape index (κ1) is 16.6. The normalized spacial score (nSPS) is 14.4. The molecule has 0 saturated carbocycles. The third-order valence-electron chi connectivity index (χ3n) is 3.37. The summed E-state index contributed by atoms with van der Waals surface area (Å²) in [5.41, 5.74) is 0.675. The van der Waals surface area contributed by atoms with Gasteiger partial charge in [-0.25, -0.2) is 4.39 Å². The molecule has 0 aliphatic heterocycles. The molecular formula is C15H23BrFNO. The Labute approximate surface area is 123 Å². The SMILES string of the molecule is CCCC(CCO)CNC(C)c1cc(Br)ccc1F. The maximum atomic E-state index is 13.7. The van der Waals surface area contributed by atoms with Crippen LogP contribution >= 0.6 is 15.9 Å². The molecule has 108 valence electrons. The summed E-state index contributed by atoms with van der Waals surface area (Å²) in [6, 6.07) is 4.97. The first-order chi connectivity index (χ1) is 9.08. The van der Waals surface area contributed by atoms with Crippen molar-refractivity contribution in [3.63, 3.8) is 0 Å². The molecule has 0 saturated heterocycles. The summed E-state index contributed by atoms with van der Waals surface area (Å²) in [5, 5.41) is 12.4. The van der Waals surface area contributed by atoms with Gasteiger partial charge in [-0.15, -0.1) is 0 Å². The minimum atomic E-state index is -0.183. The average Bonchev–Trinajstić information content (AvgIpc) is 2.39. The molecule has 0 fully saturated rings. The average molecular weight is 332 g/mol. The fourth-order valence-corrected chi connectivity index (χ4v) is 2.62. The molecule has 1 aromatic carbocycles. The molecule has 2 unspecified atom stereocenters. The Bertz CT molecular complexity index is 380. The lowest BCUT2D eigenvalue weighted by Crippen LogP contribution is -2.27. The van der Waals surface area contributed by atoms with Gasteiger partial charge in [0.15, 0.2) is 0 Å². The third-order valence-corrected chi connectivity index (χ3v) is 3.86. The fourth-order valence-electron chi connectivity index (χ4n) is 2.24. The quantitative estimate of drug-likeness (QED) is 0.753. The number of halogens is 2. The van der Waals surface area contributed by atoms with E-state index in [2.05, 4.69) is 28.2 Å². The molecule has 0 bridgehead atoms. The van der Waals surface area contributed by atoms with E-state index in [1.165, 1.54) is 6.07 Å². The predicted octanol–water partition coefficient (Wildman–Crippen LogP) is 4.04. The van der Waals surface area contributed by atoms with Crippen LogP contribution < -0.4 is 5.32 Å². The van der Waals surface area contributed by atoms with E-state index in [-0.39, 0.29) is 18.5 Å². The Balaban J connectivity index is 2.58. The molecule has 0 radical (unpaired) electrons. The number of aliphatic hydroxyl groups excluding tert-OH is 1. The molecule has 1 aromatic rings. The second kappa shape index (κ2) is 8.67. The topological polar surface area (TPSA) is 32.3 Å². The Kier molecular flexibility index (Phi) is 7.57. The Morgan fingerprint density at radius 1 is 1.37 bits per heavy atom. The molecule has 2 N–H and O–H groups in total. The van der Waals surface area contributed by atoms with Crippen molar-refractivity contribution in [2.75, 3.05) is 13.2 Å². The van der Waals surface area contributed by atoms with Crippen LogP contribution in [0.25, 0.3) is 0 Å². The second-order valence-corrected chi connectivity index (χ2v) is 5.88. The smallest absolute Gasteiger partial charge is 0.128 e. The first-order valence-corrected chi connectivity index (χ1v) is 7.67. The van der Waals surface area contributed by atoms with Crippen molar-refractivity contribution in [3.8, 4) is 0 Å². The summed E-state index contributed by atoms with van der Waals surface area (Å²) >= 11 is 3.37. The summed E-state index contributed by atoms with van der Waals surface area (Å²) in [4.78, 5) is 0. The zero-order chi connectivity index (χ0) is 14.3. The summed E-state index contributed by atoms with van der Waals surface area (Å²) in [5.74, 6) is 0.269. The van der Waals surface area contributed by atoms with Crippen LogP contribution in [0.1, 0.15) is 44.7 Å². The van der Waals surface area contributed by atoms with Crippen molar-refractivity contribution >= 4 is 15.9 Å². The minimum Gasteiger partial charge on any atom is -0.396 e. The van der Waals surface area contributed by atoms with Gasteiger partial charge < -0.3 is 10.4 Å². The molecule has 0 heterocycles. The van der Waals surface area contributed by atoms with Crippen LogP contribution in [0.5, 0.6) is 0 Å². The maximum Gasteiger partial charge on any atom is 0.128 e. The van der Waals surface area contributed by atoms with Crippen molar-refractivity contribution < 1.29 is 9.50 Å². The number of nitrogens with one attached hydrogen (secondary N) is 1. The van der Waals surface area contributed by atoms with E-state index >= 15 is 0 Å². The van der Waals surface area contributed by atoms with Gasteiger partial charge in [0, 0.05) is 22.7 Å². The summed E-state index contributed by atoms with van der Waals surface area (Å²) in [6.07, 6.45) is 2.99. The van der Waals surface area contributed by atoms with Crippen LogP contribution in [0, 0.1) is 11.7 Å². The summed E-state index contributed by atoms with van der Waals surface area (Å²) in [6.45, 7) is 5.13. The highest BCUT2D eigenvalue weighted by Gasteiger charge is 2.13. The van der Waals surface area contributed by atoms with Gasteiger partial charge in [0.25, 0.3) is 0 Å². The Morgan fingerprint density at radius 3 is 2.74 bits per heavy atom. The van der Waals surface area contributed by atoms with Crippen LogP contribution in [-0.2, 0) is 0 Å². The van der Waals surface area contributed by atoms with Crippen LogP contribution in [0.3, 0.4) is 0 Å². The van der Waals surface area contributed by atoms with Crippen LogP contribution in [-0.4, -0.2) is 18.3 Å². The highest BCUT2D eigenvalue weighted by molar-refractivity contribution is 9.10. The number of benzene rings is 1. The highest BCUT2D eigenvalue weighted by Crippen LogP contribution is 2.22. The molecule has 0 amide bonds. The van der Waals surface area contributed by atoms with Gasteiger partial charge >= 0.3 is 0 Å². The zero-order valence-electron chi connectivity index (χ0n) is 11.6. The monoisotopic (exact) mass is 331 g/mol. The first-order valence-electron chi connectivity index (χ1n) is 6.87. The molecule has 0 aliphatic rings. The van der Waals surface area contributed by atoms with Gasteiger partial charge in [0.05, 0.1) is 0 Å². The number of hydrogen-bond donors (Lipinski definition) is 2. The van der Waals surface area contributed by atoms with Crippen LogP contribution in [0.15, 0.2) is 22.7 Å². The molecule has 0 aromatic heterocycles. The van der Waals surface area contributed by atoms with Gasteiger partial charge in [-0.1, -0.05) is 29.3 Å². The van der Waals surface area contributed by atoms with E-state index in [0.717, 1.165) is 30.3 Å². The molecule has 19 heavy (non-hydrogen) atoms. The highest BCUT2D eigenvalue weighted by atomic mass is 79.9. The fraction of sp³-hybridized carbons (Fsp3) is 0.600. The van der Waals surface area contributed by atoms with Crippen LogP contribution in [0.2, 0.25) is 0 Å². The summed E-state index contributed by atoms with van der Waals surface area (Å²) in [7, 11) is 0. The van der Waals surface area contributed by atoms with Crippen molar-refractivity contribution in [1.82, 2.24) is 5.32 Å². The molecule has 2 nitrogen and oxygen atoms in total. The minimum absolute atomic E-state index is 0.0319. The lowest BCUT2D eigenvalue weighted by atomic mass is 9.99. The maximum absolute atomic E-state index is 13.7. The Hall–Kier alpha value is -0.450. The lowest BCUT2D eigenvalue weighted by Gasteiger charge is -2.20. The van der Waals surface area contributed by atoms with E-state index in [9.17, 15) is 4.39 Å². The lowest BCUT2D eigenvalue weighted by molar-refractivity contribution is 0.245. The van der Waals surface area contributed by atoms with Crippen molar-refractivity contribution in [3.05, 3.63) is 34.1 Å². The molecule has 4 heteroatoms. The molecular weight excluding hydrogens is 309 g/mol. The largest absolute Gasteiger partial charge is 0.396 e. The van der Waals surface area contributed by atoms with E-state index in [0.29, 0.717) is 11.5 Å². The van der Waals surface area contributed by atoms with E-state index < -0.39 is 0 Å². The predicted molar refractivity (Wildman–Crippen MR) is 80.6 cm³/mol. The van der Waals surface area contributed by atoms with Gasteiger partial charge in [-0.2, -0.15) is 0 Å². The van der Waals surface area contributed by atoms with Crippen LogP contribution in [0.4, 0.5) is 4.39 Å². The molecule has 0 aliphatic carbocycles. The molecule has 0 spiro atoms. The van der Waals surface area contributed by atoms with E-state index in [4.69, 9.17) is 5.11 Å². The van der Waals surface area contributed by atoms with Crippen molar-refractivity contribution in [2.24, 2.45) is 5.92 Å². The van der Waals surface area contributed by atoms with Gasteiger partial charge in [0.1, 0.15) is 5.82 Å². The number of hydrogen-bond acceptors (Lipinski definition) is 2. The van der Waals surface area contributed by atoms with E-state index in [1.807, 2.05) is 13.0 Å². The van der Waals surface area contributed by atoms with Gasteiger partial charge in [0.2, 0.25) is 0 Å². The standard InChI is InChI=1S/C15H23BrFNO/c1-3-4-12(7-8-19)10-18-11(2)14-9-13(16)5-6-15(14)17/h5-6,9,11-12,18-19H,3-4,7-8,10H2,1-2H3. The van der Waals surface area contributed by atoms with Gasteiger partial charge in [-0.05, 0) is 50.4 Å². The van der Waals surface area contributed by atoms with Crippen molar-refractivity contribution in [1.29, 1.82) is 0 Å². The zero-order valence-corrected chi connectivity index (χ0v) is 13.2. The number of rotatable bonds is 8. The number of aliphatic hydroxyl groups is 1. The van der Waals surface area contributed by atoms with Crippen molar-refractivity contribution in [2.45, 2.75) is 39.2 Å². The molecule has 2 atom stereocenters. The summed E-state index contributed by atoms with van der Waals surface area (Å²) < 4.78 is 14.6. The Morgan fingerprint density at radius 2 is 2.11 bits per heavy atom. The van der Waals surface area contributed by atoms with E-state index in [1.54, 1.807) is 6.07 Å².